The first-order chi connectivity index (χ1) is 8.89. The molecule has 1 aromatic carbocycles. The second-order valence-corrected chi connectivity index (χ2v) is 6.43. The molecule has 1 rings (SSSR count). The zero-order valence-corrected chi connectivity index (χ0v) is 12.8. The van der Waals surface area contributed by atoms with Crippen LogP contribution in [0.5, 0.6) is 0 Å². The predicted octanol–water partition coefficient (Wildman–Crippen LogP) is 2.68. The Bertz CT molecular complexity index is 573. The summed E-state index contributed by atoms with van der Waals surface area (Å²) in [6, 6.07) is 2.75. The molecule has 7 heteroatoms. The van der Waals surface area contributed by atoms with Gasteiger partial charge in [-0.05, 0) is 12.1 Å². The highest BCUT2D eigenvalue weighted by Gasteiger charge is 2.26. The molecule has 0 saturated carbocycles. The minimum absolute atomic E-state index is 0.0440. The molecule has 0 atom stereocenters. The molecule has 106 valence electrons. The Kier molecular flexibility index (Phi) is 5.82. The first-order valence-corrected chi connectivity index (χ1v) is 7.78. The number of aliphatic hydroxyl groups excluding tert-OH is 1. The smallest absolute Gasteiger partial charge is 0.244 e. The topological polar surface area (TPSA) is 57.6 Å². The summed E-state index contributed by atoms with van der Waals surface area (Å²) in [7, 11) is -3.73. The van der Waals surface area contributed by atoms with Crippen LogP contribution in [-0.4, -0.2) is 30.9 Å². The molecular formula is C12H15Cl2NO3S. The second kappa shape index (κ2) is 6.72. The van der Waals surface area contributed by atoms with E-state index in [0.717, 1.165) is 0 Å². The van der Waals surface area contributed by atoms with Crippen molar-refractivity contribution in [2.45, 2.75) is 18.4 Å². The summed E-state index contributed by atoms with van der Waals surface area (Å²) in [6.07, 6.45) is 1.50. The van der Waals surface area contributed by atoms with Crippen LogP contribution in [0.3, 0.4) is 0 Å². The van der Waals surface area contributed by atoms with Crippen LogP contribution in [0.2, 0.25) is 10.0 Å². The lowest BCUT2D eigenvalue weighted by atomic mass is 10.2. The number of hydrogen-bond acceptors (Lipinski definition) is 3. The molecule has 0 unspecified atom stereocenters. The number of nitrogens with zero attached hydrogens (tertiary/aromatic N) is 1. The maximum absolute atomic E-state index is 12.4. The fourth-order valence-electron chi connectivity index (χ4n) is 1.60. The standard InChI is InChI=1S/C12H15Cl2NO3S/c1-3-7-15(4-2)19(17,18)11-6-5-10(13)9(8-16)12(11)14/h3,5-6,16H,1,4,7-8H2,2H3. The van der Waals surface area contributed by atoms with Crippen molar-refractivity contribution in [1.82, 2.24) is 4.31 Å². The normalized spacial score (nSPS) is 11.8. The fourth-order valence-corrected chi connectivity index (χ4v) is 3.89. The van der Waals surface area contributed by atoms with Gasteiger partial charge in [0.15, 0.2) is 0 Å². The third kappa shape index (κ3) is 3.30. The van der Waals surface area contributed by atoms with E-state index in [-0.39, 0.29) is 27.0 Å². The van der Waals surface area contributed by atoms with Gasteiger partial charge in [-0.3, -0.25) is 0 Å². The van der Waals surface area contributed by atoms with E-state index in [1.54, 1.807) is 6.92 Å². The number of halogens is 2. The SMILES string of the molecule is C=CCN(CC)S(=O)(=O)c1ccc(Cl)c(CO)c1Cl. The Morgan fingerprint density at radius 2 is 2.05 bits per heavy atom. The average Bonchev–Trinajstić information content (AvgIpc) is 2.35. The molecule has 4 nitrogen and oxygen atoms in total. The van der Waals surface area contributed by atoms with E-state index < -0.39 is 16.6 Å². The summed E-state index contributed by atoms with van der Waals surface area (Å²) >= 11 is 11.9. The second-order valence-electron chi connectivity index (χ2n) is 3.74. The van der Waals surface area contributed by atoms with Crippen LogP contribution in [-0.2, 0) is 16.6 Å². The van der Waals surface area contributed by atoms with E-state index in [9.17, 15) is 13.5 Å². The quantitative estimate of drug-likeness (QED) is 0.819. The van der Waals surface area contributed by atoms with E-state index >= 15 is 0 Å². The van der Waals surface area contributed by atoms with Gasteiger partial charge in [-0.2, -0.15) is 4.31 Å². The summed E-state index contributed by atoms with van der Waals surface area (Å²) in [5.74, 6) is 0. The van der Waals surface area contributed by atoms with Gasteiger partial charge < -0.3 is 5.11 Å². The lowest BCUT2D eigenvalue weighted by Crippen LogP contribution is -2.31. The Morgan fingerprint density at radius 1 is 1.42 bits per heavy atom. The van der Waals surface area contributed by atoms with Gasteiger partial charge in [0.2, 0.25) is 10.0 Å². The Balaban J connectivity index is 3.40. The molecule has 0 spiro atoms. The van der Waals surface area contributed by atoms with Crippen LogP contribution in [0, 0.1) is 0 Å². The van der Waals surface area contributed by atoms with Gasteiger partial charge >= 0.3 is 0 Å². The molecular weight excluding hydrogens is 309 g/mol. The average molecular weight is 324 g/mol. The van der Waals surface area contributed by atoms with Crippen LogP contribution in [0.25, 0.3) is 0 Å². The summed E-state index contributed by atoms with van der Waals surface area (Å²) in [5.41, 5.74) is 0.207. The van der Waals surface area contributed by atoms with Crippen molar-refractivity contribution < 1.29 is 13.5 Å². The molecule has 1 aromatic rings. The molecule has 0 fully saturated rings. The minimum atomic E-state index is -3.73. The first-order valence-electron chi connectivity index (χ1n) is 5.58. The van der Waals surface area contributed by atoms with Gasteiger partial charge in [-0.15, -0.1) is 6.58 Å². The highest BCUT2D eigenvalue weighted by atomic mass is 35.5. The van der Waals surface area contributed by atoms with E-state index in [0.29, 0.717) is 6.54 Å². The van der Waals surface area contributed by atoms with E-state index in [4.69, 9.17) is 23.2 Å². The number of sulfonamides is 1. The van der Waals surface area contributed by atoms with Crippen molar-refractivity contribution in [3.63, 3.8) is 0 Å². The number of aliphatic hydroxyl groups is 1. The van der Waals surface area contributed by atoms with E-state index in [1.165, 1.54) is 22.5 Å². The highest BCUT2D eigenvalue weighted by Crippen LogP contribution is 2.32. The number of benzene rings is 1. The largest absolute Gasteiger partial charge is 0.392 e. The number of hydrogen-bond donors (Lipinski definition) is 1. The van der Waals surface area contributed by atoms with Gasteiger partial charge in [0.25, 0.3) is 0 Å². The molecule has 0 aromatic heterocycles. The lowest BCUT2D eigenvalue weighted by Gasteiger charge is -2.20. The van der Waals surface area contributed by atoms with Gasteiger partial charge in [0.05, 0.1) is 11.6 Å². The molecule has 0 heterocycles. The molecule has 0 radical (unpaired) electrons. The number of rotatable bonds is 6. The summed E-state index contributed by atoms with van der Waals surface area (Å²) in [6.45, 7) is 5.30. The number of likely N-dealkylation sites (N-methyl/N-ethyl adjacent to an activating group) is 1. The van der Waals surface area contributed by atoms with Crippen molar-refractivity contribution in [2.75, 3.05) is 13.1 Å². The first kappa shape index (κ1) is 16.5. The van der Waals surface area contributed by atoms with Gasteiger partial charge in [-0.25, -0.2) is 8.42 Å². The van der Waals surface area contributed by atoms with Crippen LogP contribution >= 0.6 is 23.2 Å². The van der Waals surface area contributed by atoms with Crippen LogP contribution in [0.1, 0.15) is 12.5 Å². The Hall–Kier alpha value is -0.590. The van der Waals surface area contributed by atoms with Gasteiger partial charge in [-0.1, -0.05) is 36.2 Å². The molecule has 0 aliphatic carbocycles. The van der Waals surface area contributed by atoms with Crippen molar-refractivity contribution in [3.05, 3.63) is 40.4 Å². The maximum Gasteiger partial charge on any atom is 0.244 e. The van der Waals surface area contributed by atoms with Crippen molar-refractivity contribution in [1.29, 1.82) is 0 Å². The monoisotopic (exact) mass is 323 g/mol. The minimum Gasteiger partial charge on any atom is -0.392 e. The summed E-state index contributed by atoms with van der Waals surface area (Å²) in [5, 5.41) is 9.39. The van der Waals surface area contributed by atoms with Crippen LogP contribution in [0.4, 0.5) is 0 Å². The summed E-state index contributed by atoms with van der Waals surface area (Å²) < 4.78 is 26.1. The fraction of sp³-hybridized carbons (Fsp3) is 0.333. The zero-order chi connectivity index (χ0) is 14.6. The Morgan fingerprint density at radius 3 is 2.53 bits per heavy atom. The van der Waals surface area contributed by atoms with E-state index in [2.05, 4.69) is 6.58 Å². The van der Waals surface area contributed by atoms with E-state index in [1.807, 2.05) is 0 Å². The molecule has 1 N–H and O–H groups in total. The van der Waals surface area contributed by atoms with Crippen molar-refractivity contribution in [3.8, 4) is 0 Å². The van der Waals surface area contributed by atoms with Crippen molar-refractivity contribution >= 4 is 33.2 Å². The molecule has 19 heavy (non-hydrogen) atoms. The molecule has 0 aliphatic heterocycles. The third-order valence-electron chi connectivity index (χ3n) is 2.61. The van der Waals surface area contributed by atoms with Crippen molar-refractivity contribution in [2.24, 2.45) is 0 Å². The highest BCUT2D eigenvalue weighted by molar-refractivity contribution is 7.89. The predicted molar refractivity (Wildman–Crippen MR) is 77.0 cm³/mol. The zero-order valence-electron chi connectivity index (χ0n) is 10.4. The molecule has 0 amide bonds. The van der Waals surface area contributed by atoms with Gasteiger partial charge in [0, 0.05) is 23.7 Å². The summed E-state index contributed by atoms with van der Waals surface area (Å²) in [4.78, 5) is -0.0636. The maximum atomic E-state index is 12.4. The molecule has 0 bridgehead atoms. The molecule has 0 saturated heterocycles. The van der Waals surface area contributed by atoms with Crippen LogP contribution < -0.4 is 0 Å². The van der Waals surface area contributed by atoms with Gasteiger partial charge in [0.1, 0.15) is 4.90 Å². The molecule has 0 aliphatic rings. The Labute approximate surface area is 123 Å². The van der Waals surface area contributed by atoms with Crippen LogP contribution in [0.15, 0.2) is 29.7 Å². The lowest BCUT2D eigenvalue weighted by molar-refractivity contribution is 0.281. The third-order valence-corrected chi connectivity index (χ3v) is 5.49.